The van der Waals surface area contributed by atoms with E-state index in [4.69, 9.17) is 19.2 Å². The molecule has 0 amide bonds. The minimum atomic E-state index is -0.765. The highest BCUT2D eigenvalue weighted by molar-refractivity contribution is 7.07. The molecule has 0 spiro atoms. The number of carbonyl (C=O) groups excluding carboxylic acids is 1. The Kier molecular flexibility index (Phi) is 8.72. The molecule has 0 saturated heterocycles. The van der Waals surface area contributed by atoms with E-state index in [1.165, 1.54) is 11.3 Å². The van der Waals surface area contributed by atoms with Crippen LogP contribution in [0.5, 0.6) is 11.5 Å². The molecule has 8 heteroatoms. The molecular formula is C40H32N2O5S. The Morgan fingerprint density at radius 2 is 1.62 bits per heavy atom. The monoisotopic (exact) mass is 652 g/mol. The SMILES string of the molecule is CCOC(=O)C1=C(c2ccccc2)N=c2s/c(=C\c3cccc(OCc4cccc5ccccc45)c3)c(=O)n2[C@@H]1c1ccc(OC)cc1. The second-order valence-electron chi connectivity index (χ2n) is 11.2. The van der Waals surface area contributed by atoms with Crippen LogP contribution in [0.3, 0.4) is 0 Å². The summed E-state index contributed by atoms with van der Waals surface area (Å²) in [4.78, 5) is 33.4. The lowest BCUT2D eigenvalue weighted by Crippen LogP contribution is -2.40. The van der Waals surface area contributed by atoms with Gasteiger partial charge in [-0.1, -0.05) is 108 Å². The number of benzene rings is 5. The Morgan fingerprint density at radius 1 is 0.875 bits per heavy atom. The van der Waals surface area contributed by atoms with Crippen LogP contribution in [0, 0.1) is 0 Å². The number of aromatic nitrogens is 1. The van der Waals surface area contributed by atoms with Gasteiger partial charge in [-0.25, -0.2) is 9.79 Å². The molecule has 0 aliphatic carbocycles. The molecule has 0 bridgehead atoms. The first-order valence-electron chi connectivity index (χ1n) is 15.7. The summed E-state index contributed by atoms with van der Waals surface area (Å²) in [6.07, 6.45) is 1.84. The topological polar surface area (TPSA) is 79.1 Å². The third kappa shape index (κ3) is 6.06. The van der Waals surface area contributed by atoms with Crippen LogP contribution in [-0.4, -0.2) is 24.3 Å². The fourth-order valence-electron chi connectivity index (χ4n) is 5.97. The summed E-state index contributed by atoms with van der Waals surface area (Å²) >= 11 is 1.28. The lowest BCUT2D eigenvalue weighted by molar-refractivity contribution is -0.138. The summed E-state index contributed by atoms with van der Waals surface area (Å²) in [5.41, 5.74) is 3.92. The van der Waals surface area contributed by atoms with Gasteiger partial charge in [0.25, 0.3) is 5.56 Å². The lowest BCUT2D eigenvalue weighted by Gasteiger charge is -2.26. The summed E-state index contributed by atoms with van der Waals surface area (Å²) in [5, 5.41) is 2.32. The predicted octanol–water partition coefficient (Wildman–Crippen LogP) is 6.68. The van der Waals surface area contributed by atoms with Crippen LogP contribution >= 0.6 is 11.3 Å². The van der Waals surface area contributed by atoms with Crippen LogP contribution in [0.4, 0.5) is 0 Å². The zero-order valence-electron chi connectivity index (χ0n) is 26.5. The second-order valence-corrected chi connectivity index (χ2v) is 12.2. The molecule has 48 heavy (non-hydrogen) atoms. The van der Waals surface area contributed by atoms with Crippen LogP contribution in [0.2, 0.25) is 0 Å². The van der Waals surface area contributed by atoms with Gasteiger partial charge in [-0.2, -0.15) is 0 Å². The lowest BCUT2D eigenvalue weighted by atomic mass is 9.93. The van der Waals surface area contributed by atoms with E-state index in [0.717, 1.165) is 33.0 Å². The summed E-state index contributed by atoms with van der Waals surface area (Å²) in [6, 6.07) is 38.2. The van der Waals surface area contributed by atoms with Gasteiger partial charge in [0.05, 0.1) is 35.6 Å². The molecule has 6 aromatic rings. The van der Waals surface area contributed by atoms with Crippen molar-refractivity contribution in [2.24, 2.45) is 4.99 Å². The quantitative estimate of drug-likeness (QED) is 0.163. The molecule has 1 aliphatic heterocycles. The van der Waals surface area contributed by atoms with Crippen molar-refractivity contribution in [1.29, 1.82) is 0 Å². The van der Waals surface area contributed by atoms with Crippen molar-refractivity contribution in [2.45, 2.75) is 19.6 Å². The maximum Gasteiger partial charge on any atom is 0.338 e. The number of ether oxygens (including phenoxy) is 3. The molecule has 0 N–H and O–H groups in total. The van der Waals surface area contributed by atoms with Gasteiger partial charge in [0, 0.05) is 5.56 Å². The first-order chi connectivity index (χ1) is 23.5. The number of carbonyl (C=O) groups is 1. The third-order valence-corrected chi connectivity index (χ3v) is 9.22. The van der Waals surface area contributed by atoms with E-state index in [1.807, 2.05) is 103 Å². The largest absolute Gasteiger partial charge is 0.497 e. The molecule has 1 atom stereocenters. The number of hydrogen-bond donors (Lipinski definition) is 0. The Balaban J connectivity index is 1.32. The van der Waals surface area contributed by atoms with Crippen LogP contribution in [0.15, 0.2) is 137 Å². The fraction of sp³-hybridized carbons (Fsp3) is 0.125. The number of nitrogens with zero attached hydrogens (tertiary/aromatic N) is 2. The standard InChI is InChI=1S/C40H32N2O5S/c1-3-46-39(44)35-36(28-13-5-4-6-14-28)41-40-42(37(35)29-19-21-31(45-2)22-20-29)38(43)34(48-40)24-26-11-9-17-32(23-26)47-25-30-16-10-15-27-12-7-8-18-33(27)30/h4-24,37H,3,25H2,1-2H3/b34-24-/t37-/m1/s1. The summed E-state index contributed by atoms with van der Waals surface area (Å²) < 4.78 is 19.3. The van der Waals surface area contributed by atoms with Gasteiger partial charge in [0.2, 0.25) is 0 Å². The van der Waals surface area contributed by atoms with E-state index in [9.17, 15) is 9.59 Å². The first-order valence-corrected chi connectivity index (χ1v) is 16.5. The van der Waals surface area contributed by atoms with E-state index in [1.54, 1.807) is 18.6 Å². The predicted molar refractivity (Wildman–Crippen MR) is 189 cm³/mol. The fourth-order valence-corrected chi connectivity index (χ4v) is 6.97. The number of hydrogen-bond acceptors (Lipinski definition) is 7. The average molecular weight is 653 g/mol. The number of methoxy groups -OCH3 is 1. The molecule has 0 fully saturated rings. The molecule has 0 saturated carbocycles. The minimum Gasteiger partial charge on any atom is -0.497 e. The first kappa shape index (κ1) is 30.9. The summed E-state index contributed by atoms with van der Waals surface area (Å²) in [6.45, 7) is 2.36. The van der Waals surface area contributed by atoms with Crippen molar-refractivity contribution in [3.8, 4) is 11.5 Å². The maximum atomic E-state index is 14.3. The number of esters is 1. The Hall–Kier alpha value is -5.73. The van der Waals surface area contributed by atoms with Gasteiger partial charge >= 0.3 is 5.97 Å². The van der Waals surface area contributed by atoms with Gasteiger partial charge < -0.3 is 14.2 Å². The molecule has 0 radical (unpaired) electrons. The molecule has 5 aromatic carbocycles. The number of thiazole rings is 1. The third-order valence-electron chi connectivity index (χ3n) is 8.24. The van der Waals surface area contributed by atoms with E-state index >= 15 is 0 Å². The van der Waals surface area contributed by atoms with Crippen molar-refractivity contribution in [3.63, 3.8) is 0 Å². The van der Waals surface area contributed by atoms with Crippen LogP contribution in [-0.2, 0) is 16.1 Å². The molecule has 7 rings (SSSR count). The number of rotatable bonds is 9. The van der Waals surface area contributed by atoms with Crippen molar-refractivity contribution in [3.05, 3.63) is 169 Å². The molecule has 1 aromatic heterocycles. The Morgan fingerprint density at radius 3 is 2.42 bits per heavy atom. The number of fused-ring (bicyclic) bond motifs is 2. The van der Waals surface area contributed by atoms with Gasteiger partial charge in [-0.05, 0) is 64.7 Å². The smallest absolute Gasteiger partial charge is 0.338 e. The summed E-state index contributed by atoms with van der Waals surface area (Å²) in [7, 11) is 1.60. The van der Waals surface area contributed by atoms with E-state index in [2.05, 4.69) is 24.3 Å². The van der Waals surface area contributed by atoms with Gasteiger partial charge in [0.15, 0.2) is 4.80 Å². The Bertz CT molecular complexity index is 2330. The molecule has 7 nitrogen and oxygen atoms in total. The highest BCUT2D eigenvalue weighted by atomic mass is 32.1. The van der Waals surface area contributed by atoms with E-state index in [-0.39, 0.29) is 12.2 Å². The highest BCUT2D eigenvalue weighted by Crippen LogP contribution is 2.35. The molecular weight excluding hydrogens is 621 g/mol. The summed E-state index contributed by atoms with van der Waals surface area (Å²) in [5.74, 6) is 0.835. The zero-order valence-corrected chi connectivity index (χ0v) is 27.3. The molecule has 0 unspecified atom stereocenters. The van der Waals surface area contributed by atoms with Crippen molar-refractivity contribution in [2.75, 3.05) is 13.7 Å². The zero-order chi connectivity index (χ0) is 33.0. The van der Waals surface area contributed by atoms with Crippen LogP contribution in [0.1, 0.15) is 35.2 Å². The van der Waals surface area contributed by atoms with Crippen LogP contribution in [0.25, 0.3) is 22.5 Å². The normalized spacial score (nSPS) is 14.4. The van der Waals surface area contributed by atoms with Gasteiger partial charge in [-0.3, -0.25) is 9.36 Å². The molecule has 1 aliphatic rings. The van der Waals surface area contributed by atoms with Crippen LogP contribution < -0.4 is 24.4 Å². The Labute approximate surface area is 281 Å². The minimum absolute atomic E-state index is 0.184. The maximum absolute atomic E-state index is 14.3. The van der Waals surface area contributed by atoms with Crippen molar-refractivity contribution >= 4 is 39.9 Å². The van der Waals surface area contributed by atoms with E-state index in [0.29, 0.717) is 38.7 Å². The van der Waals surface area contributed by atoms with E-state index < -0.39 is 12.0 Å². The highest BCUT2D eigenvalue weighted by Gasteiger charge is 2.35. The molecule has 2 heterocycles. The van der Waals surface area contributed by atoms with Gasteiger partial charge in [-0.15, -0.1) is 0 Å². The average Bonchev–Trinajstić information content (AvgIpc) is 3.44. The van der Waals surface area contributed by atoms with Gasteiger partial charge in [0.1, 0.15) is 18.1 Å². The van der Waals surface area contributed by atoms with Crippen molar-refractivity contribution in [1.82, 2.24) is 4.57 Å². The van der Waals surface area contributed by atoms with Crippen molar-refractivity contribution < 1.29 is 19.0 Å². The molecule has 238 valence electrons. The second kappa shape index (κ2) is 13.6.